The Hall–Kier alpha value is -1.77. The molecule has 2 aromatic rings. The molecule has 2 N–H and O–H groups in total. The van der Waals surface area contributed by atoms with E-state index < -0.39 is 10.0 Å². The zero-order chi connectivity index (χ0) is 15.5. The molecule has 1 heterocycles. The average molecular weight is 310 g/mol. The lowest BCUT2D eigenvalue weighted by atomic mass is 10.0. The lowest BCUT2D eigenvalue weighted by molar-refractivity contribution is 0.185. The first kappa shape index (κ1) is 15.6. The lowest BCUT2D eigenvalue weighted by Crippen LogP contribution is -2.20. The number of methoxy groups -OCH3 is 1. The van der Waals surface area contributed by atoms with E-state index in [0.717, 1.165) is 17.5 Å². The van der Waals surface area contributed by atoms with E-state index in [2.05, 4.69) is 10.2 Å². The van der Waals surface area contributed by atoms with Crippen LogP contribution in [0.4, 0.5) is 0 Å². The summed E-state index contributed by atoms with van der Waals surface area (Å²) in [4.78, 5) is 0. The van der Waals surface area contributed by atoms with Crippen LogP contribution in [0.3, 0.4) is 0 Å². The van der Waals surface area contributed by atoms with E-state index in [4.69, 9.17) is 9.88 Å². The van der Waals surface area contributed by atoms with Crippen molar-refractivity contribution >= 4 is 10.0 Å². The topological polar surface area (TPSA) is 100 Å². The maximum absolute atomic E-state index is 11.6. The molecule has 0 atom stereocenters. The summed E-state index contributed by atoms with van der Waals surface area (Å²) in [7, 11) is -2.39. The number of rotatable bonds is 6. The van der Waals surface area contributed by atoms with E-state index in [1.165, 1.54) is 4.57 Å². The van der Waals surface area contributed by atoms with Crippen molar-refractivity contribution in [2.75, 3.05) is 13.7 Å². The number of benzene rings is 1. The Morgan fingerprint density at radius 3 is 2.62 bits per heavy atom. The van der Waals surface area contributed by atoms with Crippen LogP contribution < -0.4 is 5.14 Å². The Balaban J connectivity index is 2.61. The van der Waals surface area contributed by atoms with Crippen LogP contribution in [-0.4, -0.2) is 36.9 Å². The van der Waals surface area contributed by atoms with Gasteiger partial charge in [-0.3, -0.25) is 4.57 Å². The molecule has 0 aliphatic carbocycles. The quantitative estimate of drug-likeness (QED) is 0.850. The summed E-state index contributed by atoms with van der Waals surface area (Å²) in [6, 6.07) is 7.67. The molecular formula is C13H18N4O3S. The molecule has 0 aliphatic rings. The molecule has 0 spiro atoms. The molecule has 7 nitrogen and oxygen atoms in total. The summed E-state index contributed by atoms with van der Waals surface area (Å²) < 4.78 is 29.8. The first-order valence-corrected chi connectivity index (χ1v) is 8.07. The van der Waals surface area contributed by atoms with Gasteiger partial charge in [-0.05, 0) is 12.0 Å². The van der Waals surface area contributed by atoms with E-state index in [9.17, 15) is 8.42 Å². The van der Waals surface area contributed by atoms with E-state index in [1.54, 1.807) is 7.11 Å². The van der Waals surface area contributed by atoms with Crippen molar-refractivity contribution in [1.82, 2.24) is 14.8 Å². The van der Waals surface area contributed by atoms with Crippen LogP contribution in [0.25, 0.3) is 11.4 Å². The summed E-state index contributed by atoms with van der Waals surface area (Å²) in [5.74, 6) is 0.480. The van der Waals surface area contributed by atoms with Crippen LogP contribution in [-0.2, 0) is 27.7 Å². The first-order valence-electron chi connectivity index (χ1n) is 6.52. The van der Waals surface area contributed by atoms with Crippen LogP contribution in [0.1, 0.15) is 12.5 Å². The van der Waals surface area contributed by atoms with E-state index in [-0.39, 0.29) is 5.16 Å². The van der Waals surface area contributed by atoms with Gasteiger partial charge in [0.05, 0.1) is 13.2 Å². The van der Waals surface area contributed by atoms with Gasteiger partial charge < -0.3 is 4.74 Å². The number of hydrogen-bond donors (Lipinski definition) is 1. The van der Waals surface area contributed by atoms with Crippen molar-refractivity contribution < 1.29 is 13.2 Å². The third-order valence-electron chi connectivity index (χ3n) is 3.13. The van der Waals surface area contributed by atoms with Gasteiger partial charge in [-0.25, -0.2) is 13.6 Å². The minimum atomic E-state index is -3.94. The van der Waals surface area contributed by atoms with E-state index in [1.807, 2.05) is 31.2 Å². The summed E-state index contributed by atoms with van der Waals surface area (Å²) in [6.45, 7) is 2.67. The molecule has 0 aliphatic heterocycles. The molecule has 0 unspecified atom stereocenters. The highest BCUT2D eigenvalue weighted by atomic mass is 32.2. The molecule has 1 aromatic carbocycles. The van der Waals surface area contributed by atoms with Gasteiger partial charge in [0, 0.05) is 12.7 Å². The monoisotopic (exact) mass is 310 g/mol. The fourth-order valence-corrected chi connectivity index (χ4v) is 2.77. The van der Waals surface area contributed by atoms with Crippen molar-refractivity contribution in [3.63, 3.8) is 0 Å². The fraction of sp³-hybridized carbons (Fsp3) is 0.385. The number of nitrogens with zero attached hydrogens (tertiary/aromatic N) is 3. The van der Waals surface area contributed by atoms with E-state index in [0.29, 0.717) is 19.0 Å². The molecule has 0 radical (unpaired) electrons. The molecular weight excluding hydrogens is 292 g/mol. The van der Waals surface area contributed by atoms with Crippen molar-refractivity contribution in [3.05, 3.63) is 29.8 Å². The number of nitrogens with two attached hydrogens (primary N) is 1. The van der Waals surface area contributed by atoms with Crippen LogP contribution in [0.15, 0.2) is 29.4 Å². The van der Waals surface area contributed by atoms with Gasteiger partial charge in [0.25, 0.3) is 15.2 Å². The Morgan fingerprint density at radius 2 is 2.00 bits per heavy atom. The highest BCUT2D eigenvalue weighted by Gasteiger charge is 2.22. The average Bonchev–Trinajstić information content (AvgIpc) is 2.88. The SMILES string of the molecule is CCc1ccccc1-c1nnc(S(N)(=O)=O)n1CCOC. The first-order chi connectivity index (χ1) is 9.99. The van der Waals surface area contributed by atoms with Crippen LogP contribution in [0, 0.1) is 0 Å². The number of aryl methyl sites for hydroxylation is 1. The number of sulfonamides is 1. The minimum absolute atomic E-state index is 0.250. The zero-order valence-corrected chi connectivity index (χ0v) is 12.8. The predicted octanol–water partition coefficient (Wildman–Crippen LogP) is 0.801. The van der Waals surface area contributed by atoms with Gasteiger partial charge in [-0.15, -0.1) is 10.2 Å². The maximum atomic E-state index is 11.6. The summed E-state index contributed by atoms with van der Waals surface area (Å²) in [5.41, 5.74) is 1.91. The van der Waals surface area contributed by atoms with Crippen molar-refractivity contribution in [2.45, 2.75) is 25.0 Å². The van der Waals surface area contributed by atoms with Crippen molar-refractivity contribution in [1.29, 1.82) is 0 Å². The molecule has 114 valence electrons. The standard InChI is InChI=1S/C13H18N4O3S/c1-3-10-6-4-5-7-11(10)12-15-16-13(21(14,18)19)17(12)8-9-20-2/h4-7H,3,8-9H2,1-2H3,(H2,14,18,19). The highest BCUT2D eigenvalue weighted by molar-refractivity contribution is 7.89. The molecule has 21 heavy (non-hydrogen) atoms. The highest BCUT2D eigenvalue weighted by Crippen LogP contribution is 2.24. The number of primary sulfonamides is 1. The molecule has 0 fully saturated rings. The Morgan fingerprint density at radius 1 is 1.29 bits per heavy atom. The number of hydrogen-bond acceptors (Lipinski definition) is 5. The summed E-state index contributed by atoms with van der Waals surface area (Å²) >= 11 is 0. The second kappa shape index (κ2) is 6.33. The van der Waals surface area contributed by atoms with Gasteiger partial charge in [0.15, 0.2) is 5.82 Å². The summed E-state index contributed by atoms with van der Waals surface area (Å²) in [5, 5.41) is 12.7. The van der Waals surface area contributed by atoms with Gasteiger partial charge >= 0.3 is 0 Å². The molecule has 2 rings (SSSR count). The lowest BCUT2D eigenvalue weighted by Gasteiger charge is -2.11. The Labute approximate surface area is 123 Å². The van der Waals surface area contributed by atoms with Gasteiger partial charge in [-0.2, -0.15) is 0 Å². The van der Waals surface area contributed by atoms with Crippen molar-refractivity contribution in [2.24, 2.45) is 5.14 Å². The van der Waals surface area contributed by atoms with Crippen LogP contribution in [0.5, 0.6) is 0 Å². The number of ether oxygens (including phenoxy) is 1. The number of aromatic nitrogens is 3. The van der Waals surface area contributed by atoms with Gasteiger partial charge in [0.2, 0.25) is 0 Å². The van der Waals surface area contributed by atoms with Crippen molar-refractivity contribution in [3.8, 4) is 11.4 Å². The Kier molecular flexibility index (Phi) is 4.71. The minimum Gasteiger partial charge on any atom is -0.383 e. The molecule has 0 amide bonds. The van der Waals surface area contributed by atoms with Gasteiger partial charge in [0.1, 0.15) is 0 Å². The Bertz CT molecular complexity index is 725. The maximum Gasteiger partial charge on any atom is 0.273 e. The molecule has 8 heteroatoms. The zero-order valence-electron chi connectivity index (χ0n) is 12.0. The van der Waals surface area contributed by atoms with Gasteiger partial charge in [-0.1, -0.05) is 31.2 Å². The second-order valence-electron chi connectivity index (χ2n) is 4.51. The fourth-order valence-electron chi connectivity index (χ4n) is 2.13. The largest absolute Gasteiger partial charge is 0.383 e. The third-order valence-corrected chi connectivity index (χ3v) is 3.94. The predicted molar refractivity (Wildman–Crippen MR) is 78.1 cm³/mol. The molecule has 1 aromatic heterocycles. The second-order valence-corrected chi connectivity index (χ2v) is 5.96. The normalized spacial score (nSPS) is 11.8. The van der Waals surface area contributed by atoms with E-state index >= 15 is 0 Å². The summed E-state index contributed by atoms with van der Waals surface area (Å²) in [6.07, 6.45) is 0.804. The molecule has 0 saturated heterocycles. The third kappa shape index (κ3) is 3.29. The molecule has 0 saturated carbocycles. The smallest absolute Gasteiger partial charge is 0.273 e. The molecule has 0 bridgehead atoms. The van der Waals surface area contributed by atoms with Crippen LogP contribution >= 0.6 is 0 Å². The van der Waals surface area contributed by atoms with Crippen LogP contribution in [0.2, 0.25) is 0 Å².